The fraction of sp³-hybridized carbons (Fsp3) is 0.0588. The van der Waals surface area contributed by atoms with Crippen LogP contribution >= 0.6 is 0 Å². The third kappa shape index (κ3) is 4.61. The van der Waals surface area contributed by atoms with Crippen LogP contribution in [0.25, 0.3) is 99.8 Å². The lowest BCUT2D eigenvalue weighted by molar-refractivity contribution is 0.775. The second-order valence-corrected chi connectivity index (χ2v) is 14.6. The van der Waals surface area contributed by atoms with E-state index >= 15 is 0 Å². The van der Waals surface area contributed by atoms with Gasteiger partial charge in [0.05, 0.1) is 16.9 Å². The van der Waals surface area contributed by atoms with Crippen molar-refractivity contribution in [1.82, 2.24) is 14.4 Å². The van der Waals surface area contributed by atoms with Crippen LogP contribution < -0.4 is 0 Å². The molecule has 3 nitrogen and oxygen atoms in total. The van der Waals surface area contributed by atoms with Crippen molar-refractivity contribution >= 4 is 54.9 Å². The van der Waals surface area contributed by atoms with E-state index in [2.05, 4.69) is 169 Å². The molecule has 3 heteroatoms. The van der Waals surface area contributed by atoms with Gasteiger partial charge in [-0.2, -0.15) is 0 Å². The molecule has 0 spiro atoms. The molecule has 10 aromatic rings. The first-order valence-electron chi connectivity index (χ1n) is 18.8. The maximum absolute atomic E-state index is 5.43. The van der Waals surface area contributed by atoms with E-state index in [4.69, 9.17) is 9.97 Å². The highest BCUT2D eigenvalue weighted by Gasteiger charge is 2.26. The van der Waals surface area contributed by atoms with E-state index in [0.29, 0.717) is 5.92 Å². The summed E-state index contributed by atoms with van der Waals surface area (Å²) in [5.74, 6) is 0.377. The first-order valence-corrected chi connectivity index (χ1v) is 18.8. The Bertz CT molecular complexity index is 3140. The van der Waals surface area contributed by atoms with Gasteiger partial charge in [-0.3, -0.25) is 9.38 Å². The SMILES string of the molecule is CC1CC=Cc2c1c(-c1ccc3ccccc3c1)c1ccccc1c2-c1ccc2c(c1)c1ccccc1n1c(-c3ccccc3)c(-c3ccccn3)nc21. The van der Waals surface area contributed by atoms with Gasteiger partial charge in [0.15, 0.2) is 0 Å². The summed E-state index contributed by atoms with van der Waals surface area (Å²) in [6.07, 6.45) is 7.62. The number of hydrogen-bond donors (Lipinski definition) is 0. The largest absolute Gasteiger partial charge is 0.291 e. The van der Waals surface area contributed by atoms with E-state index in [1.165, 1.54) is 65.7 Å². The number of rotatable bonds is 4. The first kappa shape index (κ1) is 30.8. The second-order valence-electron chi connectivity index (χ2n) is 14.6. The fourth-order valence-electron chi connectivity index (χ4n) is 9.03. The minimum Gasteiger partial charge on any atom is -0.291 e. The van der Waals surface area contributed by atoms with E-state index in [1.807, 2.05) is 18.3 Å². The molecular weight excluding hydrogens is 655 g/mol. The lowest BCUT2D eigenvalue weighted by atomic mass is 9.76. The molecule has 0 fully saturated rings. The number of imidazole rings is 1. The smallest absolute Gasteiger partial charge is 0.146 e. The zero-order chi connectivity index (χ0) is 35.8. The molecule has 11 rings (SSSR count). The number of fused-ring (bicyclic) bond motifs is 9. The van der Waals surface area contributed by atoms with Crippen LogP contribution in [0.3, 0.4) is 0 Å². The van der Waals surface area contributed by atoms with Gasteiger partial charge in [-0.25, -0.2) is 4.98 Å². The zero-order valence-corrected chi connectivity index (χ0v) is 29.9. The second kappa shape index (κ2) is 12.1. The first-order chi connectivity index (χ1) is 26.7. The molecule has 1 aliphatic carbocycles. The molecule has 0 N–H and O–H groups in total. The molecule has 3 aromatic heterocycles. The van der Waals surface area contributed by atoms with E-state index in [-0.39, 0.29) is 0 Å². The fourth-order valence-corrected chi connectivity index (χ4v) is 9.03. The molecule has 7 aromatic carbocycles. The summed E-state index contributed by atoms with van der Waals surface area (Å²) in [6, 6.07) is 57.1. The van der Waals surface area contributed by atoms with Gasteiger partial charge in [0.1, 0.15) is 11.3 Å². The summed E-state index contributed by atoms with van der Waals surface area (Å²) < 4.78 is 2.34. The monoisotopic (exact) mass is 689 g/mol. The molecule has 0 radical (unpaired) electrons. The summed E-state index contributed by atoms with van der Waals surface area (Å²) in [4.78, 5) is 10.2. The molecule has 54 heavy (non-hydrogen) atoms. The number of benzene rings is 7. The van der Waals surface area contributed by atoms with Gasteiger partial charge in [-0.05, 0) is 109 Å². The molecule has 1 aliphatic rings. The third-order valence-corrected chi connectivity index (χ3v) is 11.4. The number of nitrogens with zero attached hydrogens (tertiary/aromatic N) is 3. The van der Waals surface area contributed by atoms with Crippen molar-refractivity contribution in [2.24, 2.45) is 0 Å². The number of hydrogen-bond acceptors (Lipinski definition) is 2. The van der Waals surface area contributed by atoms with Crippen LogP contribution in [-0.4, -0.2) is 14.4 Å². The highest BCUT2D eigenvalue weighted by Crippen LogP contribution is 2.49. The number of aromatic nitrogens is 3. The lowest BCUT2D eigenvalue weighted by Crippen LogP contribution is -2.06. The molecule has 254 valence electrons. The predicted octanol–water partition coefficient (Wildman–Crippen LogP) is 13.5. The zero-order valence-electron chi connectivity index (χ0n) is 29.9. The van der Waals surface area contributed by atoms with Crippen molar-refractivity contribution in [1.29, 1.82) is 0 Å². The van der Waals surface area contributed by atoms with Crippen LogP contribution in [0, 0.1) is 0 Å². The quantitative estimate of drug-likeness (QED) is 0.172. The molecule has 3 heterocycles. The normalized spacial score (nSPS) is 14.1. The van der Waals surface area contributed by atoms with Crippen molar-refractivity contribution in [2.45, 2.75) is 19.3 Å². The molecule has 0 aliphatic heterocycles. The molecule has 1 unspecified atom stereocenters. The van der Waals surface area contributed by atoms with E-state index in [0.717, 1.165) is 45.6 Å². The summed E-state index contributed by atoms with van der Waals surface area (Å²) in [7, 11) is 0. The molecule has 0 saturated heterocycles. The summed E-state index contributed by atoms with van der Waals surface area (Å²) in [5.41, 5.74) is 13.9. The summed E-state index contributed by atoms with van der Waals surface area (Å²) >= 11 is 0. The van der Waals surface area contributed by atoms with Crippen LogP contribution in [0.15, 0.2) is 170 Å². The van der Waals surface area contributed by atoms with Crippen molar-refractivity contribution < 1.29 is 0 Å². The Labute approximate surface area is 313 Å². The molecule has 0 saturated carbocycles. The Morgan fingerprint density at radius 3 is 2.09 bits per heavy atom. The molecular formula is C51H35N3. The topological polar surface area (TPSA) is 30.2 Å². The minimum absolute atomic E-state index is 0.377. The van der Waals surface area contributed by atoms with Crippen LogP contribution in [0.5, 0.6) is 0 Å². The van der Waals surface area contributed by atoms with Crippen LogP contribution in [0.1, 0.15) is 30.4 Å². The minimum atomic E-state index is 0.377. The van der Waals surface area contributed by atoms with Gasteiger partial charge >= 0.3 is 0 Å². The van der Waals surface area contributed by atoms with Gasteiger partial charge in [-0.1, -0.05) is 140 Å². The molecule has 0 amide bonds. The van der Waals surface area contributed by atoms with Gasteiger partial charge in [0.25, 0.3) is 0 Å². The maximum Gasteiger partial charge on any atom is 0.146 e. The highest BCUT2D eigenvalue weighted by atomic mass is 15.0. The standard InChI is InChI=1S/C51H35N3/c1-32-14-13-22-42-46(32)48(36-26-25-33-15-5-6-18-35(33)30-36)40-21-8-7-20-39(40)47(42)37-27-28-41-43(31-37)38-19-9-10-24-45(38)54-50(34-16-3-2-4-17-34)49(53-51(41)54)44-23-11-12-29-52-44/h2-13,15-32H,14H2,1H3. The number of para-hydroxylation sites is 1. The summed E-state index contributed by atoms with van der Waals surface area (Å²) in [6.45, 7) is 2.39. The van der Waals surface area contributed by atoms with Crippen LogP contribution in [0.2, 0.25) is 0 Å². The maximum atomic E-state index is 5.43. The van der Waals surface area contributed by atoms with E-state index in [1.54, 1.807) is 0 Å². The van der Waals surface area contributed by atoms with Gasteiger partial charge in [0.2, 0.25) is 0 Å². The average molecular weight is 690 g/mol. The van der Waals surface area contributed by atoms with Gasteiger partial charge in [-0.15, -0.1) is 0 Å². The highest BCUT2D eigenvalue weighted by molar-refractivity contribution is 6.16. The number of pyridine rings is 2. The van der Waals surface area contributed by atoms with Crippen LogP contribution in [0.4, 0.5) is 0 Å². The van der Waals surface area contributed by atoms with Crippen molar-refractivity contribution in [3.63, 3.8) is 0 Å². The van der Waals surface area contributed by atoms with Crippen molar-refractivity contribution in [3.05, 3.63) is 181 Å². The summed E-state index contributed by atoms with van der Waals surface area (Å²) in [5, 5.41) is 8.60. The Kier molecular flexibility index (Phi) is 6.90. The van der Waals surface area contributed by atoms with Crippen molar-refractivity contribution in [3.8, 4) is 44.9 Å². The Balaban J connectivity index is 1.22. The predicted molar refractivity (Wildman–Crippen MR) is 227 cm³/mol. The Morgan fingerprint density at radius 1 is 0.556 bits per heavy atom. The van der Waals surface area contributed by atoms with E-state index in [9.17, 15) is 0 Å². The molecule has 1 atom stereocenters. The number of allylic oxidation sites excluding steroid dienone is 1. The van der Waals surface area contributed by atoms with E-state index < -0.39 is 0 Å². The van der Waals surface area contributed by atoms with Crippen molar-refractivity contribution in [2.75, 3.05) is 0 Å². The lowest BCUT2D eigenvalue weighted by Gasteiger charge is -2.28. The van der Waals surface area contributed by atoms with Gasteiger partial charge < -0.3 is 0 Å². The average Bonchev–Trinajstić information content (AvgIpc) is 3.65. The Morgan fingerprint density at radius 2 is 1.26 bits per heavy atom. The third-order valence-electron chi connectivity index (χ3n) is 11.4. The van der Waals surface area contributed by atoms with Gasteiger partial charge in [0, 0.05) is 22.5 Å². The Hall–Kier alpha value is -6.84. The van der Waals surface area contributed by atoms with Crippen LogP contribution in [-0.2, 0) is 0 Å². The molecule has 0 bridgehead atoms.